The first kappa shape index (κ1) is 15.3. The number of para-hydroxylation sites is 1. The number of aromatic nitrogens is 4. The molecule has 0 radical (unpaired) electrons. The summed E-state index contributed by atoms with van der Waals surface area (Å²) < 4.78 is 1.43. The van der Waals surface area contributed by atoms with E-state index in [1.165, 1.54) is 15.9 Å². The summed E-state index contributed by atoms with van der Waals surface area (Å²) in [5.41, 5.74) is 1.40. The second-order valence-electron chi connectivity index (χ2n) is 5.36. The molecule has 0 fully saturated rings. The first-order valence-corrected chi connectivity index (χ1v) is 8.45. The molecule has 25 heavy (non-hydrogen) atoms. The number of hydrogen-bond donors (Lipinski definition) is 2. The van der Waals surface area contributed by atoms with Crippen LogP contribution in [0.2, 0.25) is 0 Å². The lowest BCUT2D eigenvalue weighted by atomic mass is 10.3. The minimum Gasteiger partial charge on any atom is -0.326 e. The third-order valence-electron chi connectivity index (χ3n) is 3.62. The van der Waals surface area contributed by atoms with E-state index >= 15 is 0 Å². The molecule has 124 valence electrons. The van der Waals surface area contributed by atoms with Crippen molar-refractivity contribution in [2.24, 2.45) is 0 Å². The lowest BCUT2D eigenvalue weighted by Gasteiger charge is -2.05. The van der Waals surface area contributed by atoms with E-state index in [4.69, 9.17) is 0 Å². The van der Waals surface area contributed by atoms with Crippen LogP contribution in [0.3, 0.4) is 0 Å². The van der Waals surface area contributed by atoms with Crippen molar-refractivity contribution in [3.05, 3.63) is 70.1 Å². The van der Waals surface area contributed by atoms with Crippen LogP contribution in [0.1, 0.15) is 5.82 Å². The smallest absolute Gasteiger partial charge is 0.290 e. The number of nitrogens with one attached hydrogen (secondary N) is 2. The van der Waals surface area contributed by atoms with Gasteiger partial charge >= 0.3 is 0 Å². The van der Waals surface area contributed by atoms with Crippen molar-refractivity contribution in [3.63, 3.8) is 0 Å². The van der Waals surface area contributed by atoms with Crippen LogP contribution in [0.5, 0.6) is 0 Å². The van der Waals surface area contributed by atoms with Crippen LogP contribution in [0.25, 0.3) is 16.1 Å². The Bertz CT molecular complexity index is 1080. The normalized spacial score (nSPS) is 10.9. The Labute approximate surface area is 146 Å². The molecule has 0 aliphatic heterocycles. The van der Waals surface area contributed by atoms with Gasteiger partial charge in [-0.25, -0.2) is 9.61 Å². The Morgan fingerprint density at radius 1 is 1.20 bits per heavy atom. The number of aromatic amines is 1. The molecule has 0 spiro atoms. The summed E-state index contributed by atoms with van der Waals surface area (Å²) in [6.45, 7) is 0. The number of hydrogen-bond acceptors (Lipinski definition) is 5. The van der Waals surface area contributed by atoms with Gasteiger partial charge in [-0.3, -0.25) is 9.59 Å². The second kappa shape index (κ2) is 6.33. The van der Waals surface area contributed by atoms with E-state index in [1.54, 1.807) is 18.2 Å². The molecule has 0 saturated carbocycles. The molecule has 4 rings (SSSR count). The van der Waals surface area contributed by atoms with Gasteiger partial charge < -0.3 is 5.32 Å². The third kappa shape index (κ3) is 3.07. The van der Waals surface area contributed by atoms with Crippen molar-refractivity contribution in [2.45, 2.75) is 6.42 Å². The zero-order chi connectivity index (χ0) is 17.2. The highest BCUT2D eigenvalue weighted by Crippen LogP contribution is 2.23. The monoisotopic (exact) mass is 351 g/mol. The van der Waals surface area contributed by atoms with Gasteiger partial charge in [-0.1, -0.05) is 24.3 Å². The van der Waals surface area contributed by atoms with Gasteiger partial charge in [0.15, 0.2) is 5.82 Å². The van der Waals surface area contributed by atoms with Gasteiger partial charge in [0.1, 0.15) is 11.2 Å². The summed E-state index contributed by atoms with van der Waals surface area (Å²) >= 11 is 1.53. The van der Waals surface area contributed by atoms with Gasteiger partial charge in [0.2, 0.25) is 5.91 Å². The lowest BCUT2D eigenvalue weighted by molar-refractivity contribution is -0.115. The molecule has 3 heterocycles. The Morgan fingerprint density at radius 3 is 2.80 bits per heavy atom. The molecular weight excluding hydrogens is 338 g/mol. The molecular formula is C17H13N5O2S. The molecule has 4 aromatic rings. The Morgan fingerprint density at radius 2 is 2.04 bits per heavy atom. The molecule has 0 saturated heterocycles. The van der Waals surface area contributed by atoms with Crippen LogP contribution in [0.15, 0.2) is 58.7 Å². The van der Waals surface area contributed by atoms with E-state index < -0.39 is 0 Å². The maximum Gasteiger partial charge on any atom is 0.290 e. The van der Waals surface area contributed by atoms with Gasteiger partial charge in [0.25, 0.3) is 5.56 Å². The highest BCUT2D eigenvalue weighted by molar-refractivity contribution is 7.13. The number of nitrogens with zero attached hydrogens (tertiary/aromatic N) is 3. The Hall–Kier alpha value is -3.26. The van der Waals surface area contributed by atoms with E-state index in [1.807, 2.05) is 35.7 Å². The van der Waals surface area contributed by atoms with Gasteiger partial charge in [-0.15, -0.1) is 11.3 Å². The molecule has 0 atom stereocenters. The predicted molar refractivity (Wildman–Crippen MR) is 95.7 cm³/mol. The second-order valence-corrected chi connectivity index (χ2v) is 6.31. The minimum absolute atomic E-state index is 0.00622. The quantitative estimate of drug-likeness (QED) is 0.590. The Kier molecular flexibility index (Phi) is 3.87. The van der Waals surface area contributed by atoms with Gasteiger partial charge in [0, 0.05) is 5.69 Å². The molecule has 1 aromatic carbocycles. The van der Waals surface area contributed by atoms with Crippen molar-refractivity contribution >= 4 is 28.4 Å². The summed E-state index contributed by atoms with van der Waals surface area (Å²) in [6.07, 6.45) is -0.00622. The number of benzene rings is 1. The number of thiophene rings is 1. The Balaban J connectivity index is 1.66. The van der Waals surface area contributed by atoms with E-state index in [0.29, 0.717) is 22.7 Å². The molecule has 8 heteroatoms. The van der Waals surface area contributed by atoms with Crippen LogP contribution < -0.4 is 10.9 Å². The van der Waals surface area contributed by atoms with Crippen LogP contribution in [-0.4, -0.2) is 25.7 Å². The molecule has 0 aliphatic rings. The van der Waals surface area contributed by atoms with Crippen molar-refractivity contribution in [1.82, 2.24) is 19.8 Å². The molecule has 1 amide bonds. The number of carbonyl (C=O) groups excluding carboxylic acids is 1. The van der Waals surface area contributed by atoms with E-state index in [2.05, 4.69) is 20.6 Å². The van der Waals surface area contributed by atoms with Crippen molar-refractivity contribution in [3.8, 4) is 10.6 Å². The average Bonchev–Trinajstić information content (AvgIpc) is 3.27. The summed E-state index contributed by atoms with van der Waals surface area (Å²) in [7, 11) is 0. The van der Waals surface area contributed by atoms with Crippen molar-refractivity contribution < 1.29 is 4.79 Å². The number of fused-ring (bicyclic) bond motifs is 1. The topological polar surface area (TPSA) is 92.2 Å². The van der Waals surface area contributed by atoms with E-state index in [0.717, 1.165) is 4.88 Å². The fourth-order valence-corrected chi connectivity index (χ4v) is 3.17. The van der Waals surface area contributed by atoms with E-state index in [9.17, 15) is 9.59 Å². The van der Waals surface area contributed by atoms with Gasteiger partial charge in [-0.05, 0) is 29.6 Å². The molecule has 0 aliphatic carbocycles. The summed E-state index contributed by atoms with van der Waals surface area (Å²) in [4.78, 5) is 25.2. The van der Waals surface area contributed by atoms with E-state index in [-0.39, 0.29) is 17.9 Å². The largest absolute Gasteiger partial charge is 0.326 e. The highest BCUT2D eigenvalue weighted by atomic mass is 32.1. The first-order chi connectivity index (χ1) is 12.2. The fraction of sp³-hybridized carbons (Fsp3) is 0.0588. The molecule has 2 N–H and O–H groups in total. The maximum atomic E-state index is 12.3. The fourth-order valence-electron chi connectivity index (χ4n) is 2.49. The lowest BCUT2D eigenvalue weighted by Crippen LogP contribution is -2.22. The molecule has 3 aromatic heterocycles. The number of anilines is 1. The average molecular weight is 351 g/mol. The zero-order valence-corrected chi connectivity index (χ0v) is 13.8. The standard InChI is InChI=1S/C17H13N5O2S/c23-16(18-11-5-2-1-3-6-11)10-15-19-20-17(24)13-9-12(21-22(13)15)14-7-4-8-25-14/h1-9H,10H2,(H,18,23)(H,20,24). The predicted octanol–water partition coefficient (Wildman–Crippen LogP) is 2.33. The summed E-state index contributed by atoms with van der Waals surface area (Å²) in [6, 6.07) is 14.7. The number of rotatable bonds is 4. The van der Waals surface area contributed by atoms with Crippen LogP contribution in [-0.2, 0) is 11.2 Å². The number of H-pyrrole nitrogens is 1. The van der Waals surface area contributed by atoms with Crippen LogP contribution >= 0.6 is 11.3 Å². The molecule has 0 bridgehead atoms. The highest BCUT2D eigenvalue weighted by Gasteiger charge is 2.15. The van der Waals surface area contributed by atoms with Crippen LogP contribution in [0, 0.1) is 0 Å². The summed E-state index contributed by atoms with van der Waals surface area (Å²) in [5, 5.41) is 15.6. The number of carbonyl (C=O) groups is 1. The van der Waals surface area contributed by atoms with Gasteiger partial charge in [-0.2, -0.15) is 10.2 Å². The van der Waals surface area contributed by atoms with Gasteiger partial charge in [0.05, 0.1) is 11.3 Å². The molecule has 0 unspecified atom stereocenters. The first-order valence-electron chi connectivity index (χ1n) is 7.57. The maximum absolute atomic E-state index is 12.3. The van der Waals surface area contributed by atoms with Crippen molar-refractivity contribution in [2.75, 3.05) is 5.32 Å². The minimum atomic E-state index is -0.345. The number of amides is 1. The zero-order valence-electron chi connectivity index (χ0n) is 13.0. The SMILES string of the molecule is O=C(Cc1n[nH]c(=O)c2cc(-c3cccs3)nn12)Nc1ccccc1. The van der Waals surface area contributed by atoms with Crippen LogP contribution in [0.4, 0.5) is 5.69 Å². The third-order valence-corrected chi connectivity index (χ3v) is 4.52. The molecule has 7 nitrogen and oxygen atoms in total. The summed E-state index contributed by atoms with van der Waals surface area (Å²) in [5.74, 6) is 0.131. The van der Waals surface area contributed by atoms with Crippen molar-refractivity contribution in [1.29, 1.82) is 0 Å².